The molecule has 11 heteroatoms. The van der Waals surface area contributed by atoms with Crippen molar-refractivity contribution in [3.05, 3.63) is 24.3 Å². The number of ether oxygens (including phenoxy) is 1. The van der Waals surface area contributed by atoms with Gasteiger partial charge < -0.3 is 15.0 Å². The SMILES string of the molecule is CCC(=O)N1CCCC(C(=O)OCC(=O)Nc2cccc(S(=O)(=O)NC3=NCCCCC3)c2)C1. The summed E-state index contributed by atoms with van der Waals surface area (Å²) in [7, 11) is -3.84. The lowest BCUT2D eigenvalue weighted by Gasteiger charge is -2.31. The maximum atomic E-state index is 12.7. The Hall–Kier alpha value is -2.95. The molecule has 0 aromatic heterocycles. The van der Waals surface area contributed by atoms with Gasteiger partial charge in [0.2, 0.25) is 5.91 Å². The number of rotatable bonds is 7. The number of likely N-dealkylation sites (tertiary alicyclic amines) is 1. The van der Waals surface area contributed by atoms with Crippen LogP contribution in [-0.2, 0) is 29.1 Å². The number of sulfonamides is 1. The van der Waals surface area contributed by atoms with E-state index in [1.54, 1.807) is 17.9 Å². The summed E-state index contributed by atoms with van der Waals surface area (Å²) < 4.78 is 33.2. The molecule has 1 fully saturated rings. The van der Waals surface area contributed by atoms with Crippen LogP contribution in [0.15, 0.2) is 34.2 Å². The fourth-order valence-corrected chi connectivity index (χ4v) is 5.12. The number of hydrogen-bond donors (Lipinski definition) is 2. The molecule has 2 heterocycles. The summed E-state index contributed by atoms with van der Waals surface area (Å²) >= 11 is 0. The Labute approximate surface area is 200 Å². The molecular weight excluding hydrogens is 460 g/mol. The van der Waals surface area contributed by atoms with E-state index in [1.165, 1.54) is 18.2 Å². The van der Waals surface area contributed by atoms with Gasteiger partial charge in [0.05, 0.1) is 10.8 Å². The first kappa shape index (κ1) is 25.7. The third-order valence-electron chi connectivity index (χ3n) is 5.81. The van der Waals surface area contributed by atoms with Gasteiger partial charge >= 0.3 is 5.97 Å². The third kappa shape index (κ3) is 7.28. The van der Waals surface area contributed by atoms with Gasteiger partial charge in [0.25, 0.3) is 15.9 Å². The van der Waals surface area contributed by atoms with E-state index in [2.05, 4.69) is 15.0 Å². The number of aliphatic imine (C=N–C) groups is 1. The summed E-state index contributed by atoms with van der Waals surface area (Å²) in [6.07, 6.45) is 5.09. The van der Waals surface area contributed by atoms with Crippen LogP contribution in [0.1, 0.15) is 51.9 Å². The number of amides is 2. The summed E-state index contributed by atoms with van der Waals surface area (Å²) in [5, 5.41) is 2.56. The summed E-state index contributed by atoms with van der Waals surface area (Å²) in [4.78, 5) is 42.5. The van der Waals surface area contributed by atoms with Crippen molar-refractivity contribution in [1.29, 1.82) is 0 Å². The minimum absolute atomic E-state index is 0.00266. The zero-order valence-electron chi connectivity index (χ0n) is 19.4. The third-order valence-corrected chi connectivity index (χ3v) is 7.19. The van der Waals surface area contributed by atoms with Crippen LogP contribution in [0.2, 0.25) is 0 Å². The average molecular weight is 493 g/mol. The molecule has 1 atom stereocenters. The second-order valence-electron chi connectivity index (χ2n) is 8.46. The largest absolute Gasteiger partial charge is 0.455 e. The van der Waals surface area contributed by atoms with E-state index in [9.17, 15) is 22.8 Å². The summed E-state index contributed by atoms with van der Waals surface area (Å²) in [5.74, 6) is -1.12. The van der Waals surface area contributed by atoms with Gasteiger partial charge in [-0.3, -0.25) is 24.1 Å². The van der Waals surface area contributed by atoms with Crippen LogP contribution < -0.4 is 10.0 Å². The minimum atomic E-state index is -3.84. The second kappa shape index (κ2) is 12.0. The molecule has 0 spiro atoms. The number of esters is 1. The smallest absolute Gasteiger partial charge is 0.311 e. The molecule has 1 unspecified atom stereocenters. The van der Waals surface area contributed by atoms with Crippen LogP contribution in [-0.4, -0.2) is 63.2 Å². The van der Waals surface area contributed by atoms with E-state index in [1.807, 2.05) is 0 Å². The van der Waals surface area contributed by atoms with E-state index in [-0.39, 0.29) is 16.5 Å². The number of benzene rings is 1. The molecule has 1 aromatic rings. The van der Waals surface area contributed by atoms with Crippen molar-refractivity contribution < 1.29 is 27.5 Å². The molecule has 2 aliphatic heterocycles. The second-order valence-corrected chi connectivity index (χ2v) is 10.1. The molecule has 3 rings (SSSR count). The van der Waals surface area contributed by atoms with Crippen molar-refractivity contribution in [3.63, 3.8) is 0 Å². The van der Waals surface area contributed by atoms with Gasteiger partial charge in [-0.15, -0.1) is 0 Å². The highest BCUT2D eigenvalue weighted by atomic mass is 32.2. The fraction of sp³-hybridized carbons (Fsp3) is 0.565. The van der Waals surface area contributed by atoms with Crippen molar-refractivity contribution in [3.8, 4) is 0 Å². The van der Waals surface area contributed by atoms with Gasteiger partial charge in [0, 0.05) is 38.2 Å². The van der Waals surface area contributed by atoms with Gasteiger partial charge in [-0.05, 0) is 43.9 Å². The van der Waals surface area contributed by atoms with Gasteiger partial charge in [-0.2, -0.15) is 0 Å². The fourth-order valence-electron chi connectivity index (χ4n) is 3.98. The number of piperidine rings is 1. The van der Waals surface area contributed by atoms with E-state index >= 15 is 0 Å². The van der Waals surface area contributed by atoms with Crippen LogP contribution in [0.4, 0.5) is 5.69 Å². The predicted molar refractivity (Wildman–Crippen MR) is 127 cm³/mol. The number of hydrogen-bond acceptors (Lipinski definition) is 7. The van der Waals surface area contributed by atoms with Gasteiger partial charge in [-0.1, -0.05) is 19.4 Å². The van der Waals surface area contributed by atoms with Crippen LogP contribution in [0, 0.1) is 5.92 Å². The van der Waals surface area contributed by atoms with Crippen molar-refractivity contribution in [1.82, 2.24) is 9.62 Å². The van der Waals surface area contributed by atoms with Gasteiger partial charge in [-0.25, -0.2) is 8.42 Å². The molecule has 34 heavy (non-hydrogen) atoms. The van der Waals surface area contributed by atoms with Crippen LogP contribution in [0.3, 0.4) is 0 Å². The van der Waals surface area contributed by atoms with Crippen LogP contribution in [0.25, 0.3) is 0 Å². The number of anilines is 1. The van der Waals surface area contributed by atoms with Crippen molar-refractivity contribution >= 4 is 39.3 Å². The Balaban J connectivity index is 1.53. The lowest BCUT2D eigenvalue weighted by Crippen LogP contribution is -2.42. The molecule has 10 nitrogen and oxygen atoms in total. The van der Waals surface area contributed by atoms with Crippen molar-refractivity contribution in [2.24, 2.45) is 10.9 Å². The zero-order chi connectivity index (χ0) is 24.6. The zero-order valence-corrected chi connectivity index (χ0v) is 20.2. The Kier molecular flexibility index (Phi) is 9.03. The topological polar surface area (TPSA) is 134 Å². The normalized spacial score (nSPS) is 18.9. The van der Waals surface area contributed by atoms with Crippen LogP contribution >= 0.6 is 0 Å². The summed E-state index contributed by atoms with van der Waals surface area (Å²) in [5.41, 5.74) is 0.268. The number of carbonyl (C=O) groups excluding carboxylic acids is 3. The molecule has 0 radical (unpaired) electrons. The van der Waals surface area contributed by atoms with E-state index < -0.39 is 34.4 Å². The van der Waals surface area contributed by atoms with Gasteiger partial charge in [0.1, 0.15) is 5.84 Å². The molecule has 2 N–H and O–H groups in total. The quantitative estimate of drug-likeness (QED) is 0.560. The minimum Gasteiger partial charge on any atom is -0.455 e. The molecule has 2 aliphatic rings. The molecule has 0 aliphatic carbocycles. The van der Waals surface area contributed by atoms with Gasteiger partial charge in [0.15, 0.2) is 6.61 Å². The monoisotopic (exact) mass is 492 g/mol. The Morgan fingerprint density at radius 3 is 2.79 bits per heavy atom. The molecular formula is C23H32N4O6S. The summed E-state index contributed by atoms with van der Waals surface area (Å²) in [6.45, 7) is 2.80. The maximum Gasteiger partial charge on any atom is 0.311 e. The van der Waals surface area contributed by atoms with Crippen molar-refractivity contribution in [2.75, 3.05) is 31.6 Å². The molecule has 186 valence electrons. The molecule has 1 aromatic carbocycles. The number of nitrogens with zero attached hydrogens (tertiary/aromatic N) is 2. The standard InChI is InChI=1S/C23H32N4O6S/c1-2-22(29)27-13-7-8-17(15-27)23(30)33-16-21(28)25-18-9-6-10-19(14-18)34(31,32)26-20-11-4-3-5-12-24-20/h6,9-10,14,17H,2-5,7-8,11-13,15-16H2,1H3,(H,24,26)(H,25,28). The number of amidine groups is 1. The predicted octanol–water partition coefficient (Wildman–Crippen LogP) is 2.07. The van der Waals surface area contributed by atoms with E-state index in [4.69, 9.17) is 4.74 Å². The number of carbonyl (C=O) groups is 3. The van der Waals surface area contributed by atoms with E-state index in [0.29, 0.717) is 51.2 Å². The van der Waals surface area contributed by atoms with Crippen LogP contribution in [0.5, 0.6) is 0 Å². The lowest BCUT2D eigenvalue weighted by atomic mass is 9.98. The molecule has 0 saturated carbocycles. The number of nitrogens with one attached hydrogen (secondary N) is 2. The average Bonchev–Trinajstić information content (AvgIpc) is 3.10. The molecule has 2 amide bonds. The van der Waals surface area contributed by atoms with Crippen molar-refractivity contribution in [2.45, 2.75) is 56.8 Å². The summed E-state index contributed by atoms with van der Waals surface area (Å²) in [6, 6.07) is 5.85. The highest BCUT2D eigenvalue weighted by Gasteiger charge is 2.29. The maximum absolute atomic E-state index is 12.7. The first-order valence-electron chi connectivity index (χ1n) is 11.7. The Morgan fingerprint density at radius 1 is 1.18 bits per heavy atom. The molecule has 1 saturated heterocycles. The molecule has 0 bridgehead atoms. The Morgan fingerprint density at radius 2 is 2.00 bits per heavy atom. The Bertz CT molecular complexity index is 1040. The first-order chi connectivity index (χ1) is 16.3. The lowest BCUT2D eigenvalue weighted by molar-refractivity contribution is -0.154. The van der Waals surface area contributed by atoms with E-state index in [0.717, 1.165) is 19.3 Å². The first-order valence-corrected chi connectivity index (χ1v) is 13.2. The highest BCUT2D eigenvalue weighted by Crippen LogP contribution is 2.19. The highest BCUT2D eigenvalue weighted by molar-refractivity contribution is 7.90.